The fraction of sp³-hybridized carbons (Fsp3) is 0.444. The summed E-state index contributed by atoms with van der Waals surface area (Å²) in [6.07, 6.45) is 5.83. The van der Waals surface area contributed by atoms with Gasteiger partial charge in [-0.25, -0.2) is 4.79 Å². The van der Waals surface area contributed by atoms with E-state index in [-0.39, 0.29) is 22.7 Å². The van der Waals surface area contributed by atoms with Gasteiger partial charge in [-0.15, -0.1) is 0 Å². The predicted octanol–water partition coefficient (Wildman–Crippen LogP) is 6.76. The highest BCUT2D eigenvalue weighted by Crippen LogP contribution is 2.46. The van der Waals surface area contributed by atoms with E-state index in [1.807, 2.05) is 19.1 Å². The van der Waals surface area contributed by atoms with E-state index in [1.165, 1.54) is 41.2 Å². The number of rotatable bonds is 5. The lowest BCUT2D eigenvalue weighted by Crippen LogP contribution is -2.34. The van der Waals surface area contributed by atoms with Gasteiger partial charge in [-0.1, -0.05) is 77.1 Å². The summed E-state index contributed by atoms with van der Waals surface area (Å²) in [5.74, 6) is -0.0584. The van der Waals surface area contributed by atoms with Gasteiger partial charge in [0, 0.05) is 12.0 Å². The Hall–Kier alpha value is -2.35. The Labute approximate surface area is 176 Å². The molecule has 0 heterocycles. The number of esters is 1. The maximum atomic E-state index is 11.8. The van der Waals surface area contributed by atoms with Gasteiger partial charge in [-0.05, 0) is 64.5 Å². The molecule has 2 heteroatoms. The molecule has 2 aromatic rings. The summed E-state index contributed by atoms with van der Waals surface area (Å²) < 4.78 is 5.03. The van der Waals surface area contributed by atoms with E-state index >= 15 is 0 Å². The van der Waals surface area contributed by atoms with Gasteiger partial charge in [0.1, 0.15) is 0 Å². The van der Waals surface area contributed by atoms with Crippen molar-refractivity contribution in [1.82, 2.24) is 0 Å². The van der Waals surface area contributed by atoms with Gasteiger partial charge in [0.15, 0.2) is 0 Å². The highest BCUT2D eigenvalue weighted by atomic mass is 16.5. The minimum absolute atomic E-state index is 0.198. The molecule has 0 saturated heterocycles. The van der Waals surface area contributed by atoms with Crippen molar-refractivity contribution < 1.29 is 9.53 Å². The molecule has 1 aliphatic carbocycles. The van der Waals surface area contributed by atoms with Crippen LogP contribution in [0.5, 0.6) is 0 Å². The lowest BCUT2D eigenvalue weighted by atomic mass is 9.62. The molecule has 1 atom stereocenters. The number of ether oxygens (including phenoxy) is 1. The van der Waals surface area contributed by atoms with Crippen molar-refractivity contribution in [1.29, 1.82) is 0 Å². The second-order valence-electron chi connectivity index (χ2n) is 9.51. The SMILES string of the molecule is CCOC(=O)/C=C/c1ccccc1C(C)c1ccc2c(c1)C(C)(C)CCC2(C)C. The van der Waals surface area contributed by atoms with E-state index in [1.54, 1.807) is 0 Å². The average Bonchev–Trinajstić information content (AvgIpc) is 2.69. The Bertz CT molecular complexity index is 918. The second-order valence-corrected chi connectivity index (χ2v) is 9.51. The zero-order valence-electron chi connectivity index (χ0n) is 18.7. The molecule has 3 rings (SSSR count). The van der Waals surface area contributed by atoms with E-state index in [9.17, 15) is 4.79 Å². The molecule has 2 aromatic carbocycles. The van der Waals surface area contributed by atoms with Crippen LogP contribution in [0, 0.1) is 0 Å². The van der Waals surface area contributed by atoms with Crippen LogP contribution in [-0.2, 0) is 20.4 Å². The lowest BCUT2D eigenvalue weighted by Gasteiger charge is -2.42. The molecule has 0 amide bonds. The first-order valence-corrected chi connectivity index (χ1v) is 10.7. The van der Waals surface area contributed by atoms with Crippen LogP contribution in [-0.4, -0.2) is 12.6 Å². The third-order valence-corrected chi connectivity index (χ3v) is 6.52. The summed E-state index contributed by atoms with van der Waals surface area (Å²) in [6.45, 7) is 13.9. The Balaban J connectivity index is 1.98. The van der Waals surface area contributed by atoms with E-state index in [2.05, 4.69) is 71.0 Å². The van der Waals surface area contributed by atoms with Gasteiger partial charge in [0.2, 0.25) is 0 Å². The number of hydrogen-bond acceptors (Lipinski definition) is 2. The van der Waals surface area contributed by atoms with Crippen LogP contribution in [0.3, 0.4) is 0 Å². The fourth-order valence-electron chi connectivity index (χ4n) is 4.46. The van der Waals surface area contributed by atoms with Crippen molar-refractivity contribution in [3.05, 3.63) is 76.4 Å². The zero-order chi connectivity index (χ0) is 21.2. The van der Waals surface area contributed by atoms with Crippen molar-refractivity contribution in [2.24, 2.45) is 0 Å². The average molecular weight is 391 g/mol. The molecule has 154 valence electrons. The molecule has 0 aliphatic heterocycles. The molecule has 1 aliphatic rings. The largest absolute Gasteiger partial charge is 0.463 e. The molecule has 1 unspecified atom stereocenters. The summed E-state index contributed by atoms with van der Waals surface area (Å²) >= 11 is 0. The molecule has 0 saturated carbocycles. The van der Waals surface area contributed by atoms with E-state index < -0.39 is 0 Å². The van der Waals surface area contributed by atoms with Crippen LogP contribution in [0.1, 0.15) is 88.1 Å². The Morgan fingerprint density at radius 2 is 1.69 bits per heavy atom. The highest BCUT2D eigenvalue weighted by molar-refractivity contribution is 5.87. The minimum atomic E-state index is -0.298. The molecule has 0 aromatic heterocycles. The van der Waals surface area contributed by atoms with Crippen molar-refractivity contribution in [3.8, 4) is 0 Å². The van der Waals surface area contributed by atoms with Crippen LogP contribution in [0.25, 0.3) is 6.08 Å². The summed E-state index contributed by atoms with van der Waals surface area (Å²) in [5.41, 5.74) is 7.01. The van der Waals surface area contributed by atoms with Gasteiger partial charge < -0.3 is 4.74 Å². The first-order valence-electron chi connectivity index (χ1n) is 10.7. The summed E-state index contributed by atoms with van der Waals surface area (Å²) in [4.78, 5) is 11.8. The fourth-order valence-corrected chi connectivity index (χ4v) is 4.46. The van der Waals surface area contributed by atoms with Gasteiger partial charge in [0.25, 0.3) is 0 Å². The third kappa shape index (κ3) is 4.47. The molecule has 0 fully saturated rings. The van der Waals surface area contributed by atoms with E-state index in [4.69, 9.17) is 4.74 Å². The van der Waals surface area contributed by atoms with Crippen molar-refractivity contribution in [2.45, 2.75) is 71.1 Å². The van der Waals surface area contributed by atoms with Gasteiger partial charge in [-0.3, -0.25) is 0 Å². The minimum Gasteiger partial charge on any atom is -0.463 e. The van der Waals surface area contributed by atoms with Crippen LogP contribution in [0.4, 0.5) is 0 Å². The third-order valence-electron chi connectivity index (χ3n) is 6.52. The monoisotopic (exact) mass is 390 g/mol. The van der Waals surface area contributed by atoms with Crippen LogP contribution >= 0.6 is 0 Å². The zero-order valence-corrected chi connectivity index (χ0v) is 18.7. The number of fused-ring (bicyclic) bond motifs is 1. The van der Waals surface area contributed by atoms with Crippen molar-refractivity contribution in [3.63, 3.8) is 0 Å². The second kappa shape index (κ2) is 8.18. The number of carbonyl (C=O) groups excluding carboxylic acids is 1. The Kier molecular flexibility index (Phi) is 6.03. The maximum absolute atomic E-state index is 11.8. The Morgan fingerprint density at radius 1 is 1.03 bits per heavy atom. The van der Waals surface area contributed by atoms with Gasteiger partial charge >= 0.3 is 5.97 Å². The molecule has 0 spiro atoms. The molecule has 0 radical (unpaired) electrons. The normalized spacial score (nSPS) is 18.3. The summed E-state index contributed by atoms with van der Waals surface area (Å²) in [7, 11) is 0. The lowest BCUT2D eigenvalue weighted by molar-refractivity contribution is -0.137. The first kappa shape index (κ1) is 21.4. The molecule has 29 heavy (non-hydrogen) atoms. The highest BCUT2D eigenvalue weighted by Gasteiger charge is 2.37. The topological polar surface area (TPSA) is 26.3 Å². The molecule has 0 N–H and O–H groups in total. The van der Waals surface area contributed by atoms with Crippen molar-refractivity contribution in [2.75, 3.05) is 6.61 Å². The molecular weight excluding hydrogens is 356 g/mol. The summed E-state index contributed by atoms with van der Waals surface area (Å²) in [6, 6.07) is 15.4. The maximum Gasteiger partial charge on any atom is 0.330 e. The van der Waals surface area contributed by atoms with Gasteiger partial charge in [-0.2, -0.15) is 0 Å². The quantitative estimate of drug-likeness (QED) is 0.416. The number of hydrogen-bond donors (Lipinski definition) is 0. The van der Waals surface area contributed by atoms with Crippen LogP contribution in [0.2, 0.25) is 0 Å². The Morgan fingerprint density at radius 3 is 2.38 bits per heavy atom. The van der Waals surface area contributed by atoms with Crippen molar-refractivity contribution >= 4 is 12.0 Å². The number of carbonyl (C=O) groups is 1. The van der Waals surface area contributed by atoms with Gasteiger partial charge in [0.05, 0.1) is 6.61 Å². The number of benzene rings is 2. The summed E-state index contributed by atoms with van der Waals surface area (Å²) in [5, 5.41) is 0. The van der Waals surface area contributed by atoms with E-state index in [0.29, 0.717) is 6.61 Å². The molecule has 2 nitrogen and oxygen atoms in total. The first-order chi connectivity index (χ1) is 13.7. The van der Waals surface area contributed by atoms with Crippen LogP contribution in [0.15, 0.2) is 48.5 Å². The van der Waals surface area contributed by atoms with E-state index in [0.717, 1.165) is 5.56 Å². The van der Waals surface area contributed by atoms with Crippen LogP contribution < -0.4 is 0 Å². The molecule has 0 bridgehead atoms. The predicted molar refractivity (Wildman–Crippen MR) is 121 cm³/mol. The molecular formula is C27H34O2. The smallest absolute Gasteiger partial charge is 0.330 e. The standard InChI is InChI=1S/C27H34O2/c1-7-29-25(28)15-13-20-10-8-9-11-22(20)19(2)21-12-14-23-24(18-21)27(5,6)17-16-26(23,3)4/h8-15,18-19H,7,16-17H2,1-6H3/b15-13+.